The second-order valence-corrected chi connectivity index (χ2v) is 5.19. The number of oxime groups is 1. The molecule has 0 amide bonds. The van der Waals surface area contributed by atoms with Gasteiger partial charge in [0, 0.05) is 5.56 Å². The molecule has 6 heteroatoms. The Hall–Kier alpha value is -3.02. The highest BCUT2D eigenvalue weighted by Gasteiger charge is 2.04. The normalized spacial score (nSPS) is 10.9. The Balaban J connectivity index is 1.93. The number of carbonyl (C=O) groups is 1. The number of hydrogen-bond acceptors (Lipinski definition) is 6. The molecule has 0 aliphatic rings. The van der Waals surface area contributed by atoms with Gasteiger partial charge < -0.3 is 19.0 Å². The Morgan fingerprint density at radius 3 is 2.48 bits per heavy atom. The Kier molecular flexibility index (Phi) is 6.83. The largest absolute Gasteiger partial charge is 0.497 e. The van der Waals surface area contributed by atoms with Gasteiger partial charge in [0.1, 0.15) is 18.1 Å². The summed E-state index contributed by atoms with van der Waals surface area (Å²) in [6.45, 7) is 2.07. The first-order chi connectivity index (χ1) is 12.1. The minimum absolute atomic E-state index is 0.135. The van der Waals surface area contributed by atoms with Gasteiger partial charge in [0.05, 0.1) is 19.9 Å². The highest BCUT2D eigenvalue weighted by Crippen LogP contribution is 2.15. The third-order valence-electron chi connectivity index (χ3n) is 3.43. The van der Waals surface area contributed by atoms with Crippen molar-refractivity contribution in [2.75, 3.05) is 20.8 Å². The molecular formula is C19H21NO5. The van der Waals surface area contributed by atoms with E-state index in [0.717, 1.165) is 16.9 Å². The van der Waals surface area contributed by atoms with Crippen LogP contribution in [0.25, 0.3) is 0 Å². The third kappa shape index (κ3) is 5.84. The highest BCUT2D eigenvalue weighted by atomic mass is 16.6. The molecule has 132 valence electrons. The molecule has 2 rings (SSSR count). The number of esters is 1. The SMILES string of the molecule is COC(=O)COc1cccc(C(C)=NOCc2ccc(OC)cc2)c1. The molecule has 0 spiro atoms. The quantitative estimate of drug-likeness (QED) is 0.418. The summed E-state index contributed by atoms with van der Waals surface area (Å²) in [7, 11) is 2.95. The van der Waals surface area contributed by atoms with E-state index in [1.165, 1.54) is 7.11 Å². The van der Waals surface area contributed by atoms with Crippen molar-refractivity contribution in [3.05, 3.63) is 59.7 Å². The monoisotopic (exact) mass is 343 g/mol. The number of methoxy groups -OCH3 is 2. The van der Waals surface area contributed by atoms with Gasteiger partial charge in [-0.1, -0.05) is 29.4 Å². The van der Waals surface area contributed by atoms with Crippen LogP contribution in [-0.4, -0.2) is 32.5 Å². The molecule has 2 aromatic carbocycles. The summed E-state index contributed by atoms with van der Waals surface area (Å²) in [5, 5.41) is 4.12. The molecule has 0 N–H and O–H groups in total. The second kappa shape index (κ2) is 9.32. The number of nitrogens with zero attached hydrogens (tertiary/aromatic N) is 1. The number of carbonyl (C=O) groups excluding carboxylic acids is 1. The summed E-state index contributed by atoms with van der Waals surface area (Å²) >= 11 is 0. The van der Waals surface area contributed by atoms with Crippen molar-refractivity contribution in [2.24, 2.45) is 5.16 Å². The van der Waals surface area contributed by atoms with Gasteiger partial charge in [0.2, 0.25) is 0 Å². The highest BCUT2D eigenvalue weighted by molar-refractivity contribution is 5.98. The van der Waals surface area contributed by atoms with E-state index in [4.69, 9.17) is 14.3 Å². The molecule has 0 aliphatic heterocycles. The summed E-state index contributed by atoms with van der Waals surface area (Å²) in [6, 6.07) is 14.9. The molecule has 0 fully saturated rings. The predicted molar refractivity (Wildman–Crippen MR) is 93.9 cm³/mol. The molecule has 0 atom stereocenters. The van der Waals surface area contributed by atoms with E-state index < -0.39 is 5.97 Å². The van der Waals surface area contributed by atoms with Crippen molar-refractivity contribution < 1.29 is 23.8 Å². The number of ether oxygens (including phenoxy) is 3. The molecule has 0 bridgehead atoms. The van der Waals surface area contributed by atoms with Gasteiger partial charge in [-0.05, 0) is 36.8 Å². The van der Waals surface area contributed by atoms with E-state index in [2.05, 4.69) is 9.89 Å². The van der Waals surface area contributed by atoms with Crippen LogP contribution in [0, 0.1) is 0 Å². The van der Waals surface area contributed by atoms with Crippen molar-refractivity contribution in [2.45, 2.75) is 13.5 Å². The first-order valence-corrected chi connectivity index (χ1v) is 7.72. The van der Waals surface area contributed by atoms with Gasteiger partial charge >= 0.3 is 5.97 Å². The van der Waals surface area contributed by atoms with Crippen LogP contribution in [0.5, 0.6) is 11.5 Å². The van der Waals surface area contributed by atoms with E-state index in [9.17, 15) is 4.79 Å². The summed E-state index contributed by atoms with van der Waals surface area (Å²) in [5.74, 6) is 0.929. The van der Waals surface area contributed by atoms with Crippen LogP contribution >= 0.6 is 0 Å². The molecule has 6 nitrogen and oxygen atoms in total. The zero-order valence-corrected chi connectivity index (χ0v) is 14.5. The number of rotatable bonds is 8. The first-order valence-electron chi connectivity index (χ1n) is 7.72. The molecule has 0 saturated carbocycles. The van der Waals surface area contributed by atoms with Crippen LogP contribution in [0.2, 0.25) is 0 Å². The van der Waals surface area contributed by atoms with Crippen molar-refractivity contribution in [1.29, 1.82) is 0 Å². The second-order valence-electron chi connectivity index (χ2n) is 5.19. The summed E-state index contributed by atoms with van der Waals surface area (Å²) in [5.41, 5.74) is 2.54. The van der Waals surface area contributed by atoms with E-state index >= 15 is 0 Å². The Morgan fingerprint density at radius 1 is 1.04 bits per heavy atom. The van der Waals surface area contributed by atoms with Gasteiger partial charge in [-0.15, -0.1) is 0 Å². The van der Waals surface area contributed by atoms with Crippen LogP contribution in [0.15, 0.2) is 53.7 Å². The van der Waals surface area contributed by atoms with Crippen molar-refractivity contribution in [1.82, 2.24) is 0 Å². The fraction of sp³-hybridized carbons (Fsp3) is 0.263. The third-order valence-corrected chi connectivity index (χ3v) is 3.43. The van der Waals surface area contributed by atoms with Crippen LogP contribution in [0.1, 0.15) is 18.1 Å². The maximum absolute atomic E-state index is 11.1. The van der Waals surface area contributed by atoms with Crippen LogP contribution in [0.3, 0.4) is 0 Å². The van der Waals surface area contributed by atoms with Crippen molar-refractivity contribution in [3.8, 4) is 11.5 Å². The zero-order valence-electron chi connectivity index (χ0n) is 14.5. The lowest BCUT2D eigenvalue weighted by atomic mass is 10.1. The fourth-order valence-corrected chi connectivity index (χ4v) is 1.99. The van der Waals surface area contributed by atoms with E-state index in [1.807, 2.05) is 43.3 Å². The van der Waals surface area contributed by atoms with Crippen molar-refractivity contribution in [3.63, 3.8) is 0 Å². The summed E-state index contributed by atoms with van der Waals surface area (Å²) < 4.78 is 15.0. The van der Waals surface area contributed by atoms with E-state index in [1.54, 1.807) is 19.2 Å². The molecule has 0 radical (unpaired) electrons. The van der Waals surface area contributed by atoms with Gasteiger partial charge in [-0.25, -0.2) is 4.79 Å². The maximum Gasteiger partial charge on any atom is 0.343 e. The average Bonchev–Trinajstić information content (AvgIpc) is 2.66. The lowest BCUT2D eigenvalue weighted by Gasteiger charge is -2.07. The van der Waals surface area contributed by atoms with E-state index in [0.29, 0.717) is 18.1 Å². The Bertz CT molecular complexity index is 725. The standard InChI is InChI=1S/C19H21NO5/c1-14(20-25-12-15-7-9-17(22-2)10-8-15)16-5-4-6-18(11-16)24-13-19(21)23-3/h4-11H,12-13H2,1-3H3. The van der Waals surface area contributed by atoms with Crippen molar-refractivity contribution >= 4 is 11.7 Å². The van der Waals surface area contributed by atoms with Crippen LogP contribution in [0.4, 0.5) is 0 Å². The molecular weight excluding hydrogens is 322 g/mol. The molecule has 25 heavy (non-hydrogen) atoms. The number of benzene rings is 2. The molecule has 0 heterocycles. The Morgan fingerprint density at radius 2 is 1.80 bits per heavy atom. The van der Waals surface area contributed by atoms with Gasteiger partial charge in [0.25, 0.3) is 0 Å². The Labute approximate surface area is 147 Å². The molecule has 0 aromatic heterocycles. The minimum atomic E-state index is -0.432. The maximum atomic E-state index is 11.1. The zero-order chi connectivity index (χ0) is 18.1. The molecule has 0 saturated heterocycles. The smallest absolute Gasteiger partial charge is 0.343 e. The van der Waals surface area contributed by atoms with Crippen LogP contribution in [-0.2, 0) is 21.0 Å². The van der Waals surface area contributed by atoms with Gasteiger partial charge in [-0.3, -0.25) is 0 Å². The van der Waals surface area contributed by atoms with Gasteiger partial charge in [-0.2, -0.15) is 0 Å². The van der Waals surface area contributed by atoms with Gasteiger partial charge in [0.15, 0.2) is 6.61 Å². The van der Waals surface area contributed by atoms with Crippen LogP contribution < -0.4 is 9.47 Å². The predicted octanol–water partition coefficient (Wildman–Crippen LogP) is 3.19. The topological polar surface area (TPSA) is 66.4 Å². The average molecular weight is 343 g/mol. The molecule has 0 aliphatic carbocycles. The lowest BCUT2D eigenvalue weighted by molar-refractivity contribution is -0.142. The number of hydrogen-bond donors (Lipinski definition) is 0. The lowest BCUT2D eigenvalue weighted by Crippen LogP contribution is -2.12. The first kappa shape index (κ1) is 18.3. The van der Waals surface area contributed by atoms with E-state index in [-0.39, 0.29) is 6.61 Å². The summed E-state index contributed by atoms with van der Waals surface area (Å²) in [6.07, 6.45) is 0. The fourth-order valence-electron chi connectivity index (χ4n) is 1.99. The molecule has 2 aromatic rings. The summed E-state index contributed by atoms with van der Waals surface area (Å²) in [4.78, 5) is 16.5. The minimum Gasteiger partial charge on any atom is -0.497 e. The molecule has 0 unspecified atom stereocenters.